The summed E-state index contributed by atoms with van der Waals surface area (Å²) in [6.45, 7) is 9.94. The van der Waals surface area contributed by atoms with Gasteiger partial charge in [-0.3, -0.25) is 9.88 Å². The van der Waals surface area contributed by atoms with Crippen molar-refractivity contribution in [3.05, 3.63) is 29.6 Å². The maximum absolute atomic E-state index is 4.62. The molecule has 0 radical (unpaired) electrons. The Morgan fingerprint density at radius 2 is 2.00 bits per heavy atom. The number of aryl methyl sites for hydroxylation is 1. The van der Waals surface area contributed by atoms with E-state index in [2.05, 4.69) is 61.2 Å². The fourth-order valence-electron chi connectivity index (χ4n) is 3.02. The normalized spacial score (nSPS) is 15.7. The highest BCUT2D eigenvalue weighted by atomic mass is 15.1. The molecule has 0 spiro atoms. The lowest BCUT2D eigenvalue weighted by atomic mass is 9.81. The Labute approximate surface area is 130 Å². The highest BCUT2D eigenvalue weighted by Crippen LogP contribution is 2.29. The van der Waals surface area contributed by atoms with Crippen molar-refractivity contribution in [3.8, 4) is 0 Å². The molecule has 1 aromatic rings. The third kappa shape index (κ3) is 5.08. The van der Waals surface area contributed by atoms with E-state index in [1.807, 2.05) is 0 Å². The van der Waals surface area contributed by atoms with Crippen LogP contribution in [-0.4, -0.2) is 36.1 Å². The predicted octanol–water partition coefficient (Wildman–Crippen LogP) is 3.38. The maximum atomic E-state index is 4.62. The van der Waals surface area contributed by atoms with Crippen molar-refractivity contribution in [3.63, 3.8) is 0 Å². The van der Waals surface area contributed by atoms with Crippen molar-refractivity contribution >= 4 is 0 Å². The molecule has 0 unspecified atom stereocenters. The van der Waals surface area contributed by atoms with Crippen LogP contribution in [0.15, 0.2) is 18.2 Å². The van der Waals surface area contributed by atoms with E-state index in [-0.39, 0.29) is 0 Å². The number of aromatic nitrogens is 1. The lowest BCUT2D eigenvalue weighted by Gasteiger charge is -2.36. The summed E-state index contributed by atoms with van der Waals surface area (Å²) in [7, 11) is 2.22. The van der Waals surface area contributed by atoms with Gasteiger partial charge in [-0.05, 0) is 57.2 Å². The van der Waals surface area contributed by atoms with Gasteiger partial charge in [-0.1, -0.05) is 19.9 Å². The molecular weight excluding hydrogens is 258 g/mol. The van der Waals surface area contributed by atoms with E-state index in [0.717, 1.165) is 31.4 Å². The van der Waals surface area contributed by atoms with Gasteiger partial charge in [-0.15, -0.1) is 0 Å². The summed E-state index contributed by atoms with van der Waals surface area (Å²) >= 11 is 0. The first-order chi connectivity index (χ1) is 10.1. The number of nitrogens with one attached hydrogen (secondary N) is 1. The van der Waals surface area contributed by atoms with Crippen LogP contribution < -0.4 is 5.32 Å². The molecule has 1 aliphatic carbocycles. The van der Waals surface area contributed by atoms with E-state index in [9.17, 15) is 0 Å². The van der Waals surface area contributed by atoms with Crippen LogP contribution in [-0.2, 0) is 6.54 Å². The Kier molecular flexibility index (Phi) is 5.77. The van der Waals surface area contributed by atoms with E-state index >= 15 is 0 Å². The second kappa shape index (κ2) is 7.37. The third-order valence-corrected chi connectivity index (χ3v) is 4.83. The van der Waals surface area contributed by atoms with Crippen molar-refractivity contribution < 1.29 is 0 Å². The second-order valence-corrected chi connectivity index (χ2v) is 6.80. The average molecular weight is 289 g/mol. The highest BCUT2D eigenvalue weighted by Gasteiger charge is 2.30. The van der Waals surface area contributed by atoms with Gasteiger partial charge in [0.25, 0.3) is 0 Å². The standard InChI is InChI=1S/C18H31N3/c1-5-18(6-2,13-19-16-10-11-16)14-21(4)12-17-9-7-8-15(3)20-17/h7-9,16,19H,5-6,10-14H2,1-4H3. The molecule has 0 atom stereocenters. The average Bonchev–Trinajstić information content (AvgIpc) is 3.28. The van der Waals surface area contributed by atoms with Crippen LogP contribution in [0.4, 0.5) is 0 Å². The van der Waals surface area contributed by atoms with E-state index in [0.29, 0.717) is 5.41 Å². The first-order valence-electron chi connectivity index (χ1n) is 8.41. The number of rotatable bonds is 9. The van der Waals surface area contributed by atoms with Gasteiger partial charge < -0.3 is 5.32 Å². The Morgan fingerprint density at radius 3 is 2.57 bits per heavy atom. The smallest absolute Gasteiger partial charge is 0.0547 e. The monoisotopic (exact) mass is 289 g/mol. The van der Waals surface area contributed by atoms with Crippen LogP contribution in [0.5, 0.6) is 0 Å². The maximum Gasteiger partial charge on any atom is 0.0547 e. The van der Waals surface area contributed by atoms with E-state index in [4.69, 9.17) is 0 Å². The summed E-state index contributed by atoms with van der Waals surface area (Å²) in [5.41, 5.74) is 2.67. The van der Waals surface area contributed by atoms with Crippen molar-refractivity contribution in [2.45, 2.75) is 59.0 Å². The fourth-order valence-corrected chi connectivity index (χ4v) is 3.02. The minimum Gasteiger partial charge on any atom is -0.313 e. The fraction of sp³-hybridized carbons (Fsp3) is 0.722. The molecule has 21 heavy (non-hydrogen) atoms. The van der Waals surface area contributed by atoms with Gasteiger partial charge in [0.1, 0.15) is 0 Å². The minimum atomic E-state index is 0.390. The van der Waals surface area contributed by atoms with Crippen LogP contribution >= 0.6 is 0 Å². The zero-order valence-corrected chi connectivity index (χ0v) is 14.2. The van der Waals surface area contributed by atoms with Crippen molar-refractivity contribution in [1.82, 2.24) is 15.2 Å². The Bertz CT molecular complexity index is 436. The zero-order valence-electron chi connectivity index (χ0n) is 14.2. The van der Waals surface area contributed by atoms with Gasteiger partial charge in [0.2, 0.25) is 0 Å². The SMILES string of the molecule is CCC(CC)(CNC1CC1)CN(C)Cc1cccc(C)n1. The molecular formula is C18H31N3. The number of pyridine rings is 1. The molecule has 0 aromatic carbocycles. The Balaban J connectivity index is 1.91. The summed E-state index contributed by atoms with van der Waals surface area (Å²) in [5, 5.41) is 3.74. The molecule has 1 fully saturated rings. The van der Waals surface area contributed by atoms with Crippen molar-refractivity contribution in [2.24, 2.45) is 5.41 Å². The lowest BCUT2D eigenvalue weighted by Crippen LogP contribution is -2.42. The number of hydrogen-bond acceptors (Lipinski definition) is 3. The van der Waals surface area contributed by atoms with Crippen LogP contribution in [0.3, 0.4) is 0 Å². The molecule has 0 aliphatic heterocycles. The van der Waals surface area contributed by atoms with Crippen LogP contribution in [0, 0.1) is 12.3 Å². The second-order valence-electron chi connectivity index (χ2n) is 6.80. The predicted molar refractivity (Wildman–Crippen MR) is 89.3 cm³/mol. The van der Waals surface area contributed by atoms with E-state index in [1.165, 1.54) is 31.4 Å². The largest absolute Gasteiger partial charge is 0.313 e. The Morgan fingerprint density at radius 1 is 1.29 bits per heavy atom. The van der Waals surface area contributed by atoms with Gasteiger partial charge in [0, 0.05) is 31.4 Å². The third-order valence-electron chi connectivity index (χ3n) is 4.83. The van der Waals surface area contributed by atoms with Gasteiger partial charge in [-0.25, -0.2) is 0 Å². The number of hydrogen-bond donors (Lipinski definition) is 1. The van der Waals surface area contributed by atoms with Gasteiger partial charge in [-0.2, -0.15) is 0 Å². The summed E-state index contributed by atoms with van der Waals surface area (Å²) < 4.78 is 0. The molecule has 1 saturated carbocycles. The summed E-state index contributed by atoms with van der Waals surface area (Å²) in [6.07, 6.45) is 5.20. The summed E-state index contributed by atoms with van der Waals surface area (Å²) in [5.74, 6) is 0. The molecule has 1 heterocycles. The topological polar surface area (TPSA) is 28.2 Å². The van der Waals surface area contributed by atoms with Gasteiger partial charge in [0.15, 0.2) is 0 Å². The zero-order chi connectivity index (χ0) is 15.3. The molecule has 0 amide bonds. The van der Waals surface area contributed by atoms with E-state index in [1.54, 1.807) is 0 Å². The molecule has 0 bridgehead atoms. The molecule has 1 aliphatic rings. The van der Waals surface area contributed by atoms with Crippen molar-refractivity contribution in [1.29, 1.82) is 0 Å². The lowest BCUT2D eigenvalue weighted by molar-refractivity contribution is 0.149. The molecule has 2 rings (SSSR count). The molecule has 1 N–H and O–H groups in total. The first-order valence-corrected chi connectivity index (χ1v) is 8.41. The van der Waals surface area contributed by atoms with E-state index < -0.39 is 0 Å². The van der Waals surface area contributed by atoms with Crippen molar-refractivity contribution in [2.75, 3.05) is 20.1 Å². The highest BCUT2D eigenvalue weighted by molar-refractivity contribution is 5.09. The van der Waals surface area contributed by atoms with Crippen LogP contribution in [0.2, 0.25) is 0 Å². The Hall–Kier alpha value is -0.930. The van der Waals surface area contributed by atoms with Gasteiger partial charge >= 0.3 is 0 Å². The summed E-state index contributed by atoms with van der Waals surface area (Å²) in [6, 6.07) is 7.09. The minimum absolute atomic E-state index is 0.390. The van der Waals surface area contributed by atoms with Crippen LogP contribution in [0.1, 0.15) is 50.9 Å². The molecule has 3 nitrogen and oxygen atoms in total. The molecule has 1 aromatic heterocycles. The molecule has 3 heteroatoms. The van der Waals surface area contributed by atoms with Gasteiger partial charge in [0.05, 0.1) is 5.69 Å². The molecule has 118 valence electrons. The number of nitrogens with zero attached hydrogens (tertiary/aromatic N) is 2. The molecule has 0 saturated heterocycles. The quantitative estimate of drug-likeness (QED) is 0.755. The summed E-state index contributed by atoms with van der Waals surface area (Å²) in [4.78, 5) is 7.06. The van der Waals surface area contributed by atoms with Crippen LogP contribution in [0.25, 0.3) is 0 Å². The first kappa shape index (κ1) is 16.4.